The van der Waals surface area contributed by atoms with Crippen molar-refractivity contribution < 1.29 is 9.45 Å². The molecule has 0 saturated heterocycles. The van der Waals surface area contributed by atoms with Crippen LogP contribution in [0, 0.1) is 0 Å². The van der Waals surface area contributed by atoms with Crippen molar-refractivity contribution in [1.82, 2.24) is 0 Å². The molecule has 0 saturated carbocycles. The lowest BCUT2D eigenvalue weighted by molar-refractivity contribution is -0.113. The minimum absolute atomic E-state index is 0.0878. The molecule has 0 bridgehead atoms. The number of carbonyl (C=O) groups is 1. The van der Waals surface area contributed by atoms with Gasteiger partial charge in [-0.15, -0.1) is 10.9 Å². The van der Waals surface area contributed by atoms with Crippen molar-refractivity contribution in [3.63, 3.8) is 0 Å². The second-order valence-corrected chi connectivity index (χ2v) is 7.15. The summed E-state index contributed by atoms with van der Waals surface area (Å²) in [5.74, 6) is 0.346. The Morgan fingerprint density at radius 2 is 1.31 bits per heavy atom. The van der Waals surface area contributed by atoms with Crippen LogP contribution in [0.4, 0.5) is 5.69 Å². The minimum Gasteiger partial charge on any atom is -0.676 e. The van der Waals surface area contributed by atoms with E-state index in [9.17, 15) is 4.79 Å². The van der Waals surface area contributed by atoms with Crippen LogP contribution in [-0.2, 0) is 9.45 Å². The molecule has 0 spiro atoms. The highest BCUT2D eigenvalue weighted by atomic mass is 16.5. The topological polar surface area (TPSA) is 50.7 Å². The van der Waals surface area contributed by atoms with Gasteiger partial charge in [0.25, 0.3) is 0 Å². The summed E-state index contributed by atoms with van der Waals surface area (Å²) in [5, 5.41) is 3.31. The van der Waals surface area contributed by atoms with Crippen molar-refractivity contribution in [1.29, 1.82) is 0 Å². The highest BCUT2D eigenvalue weighted by molar-refractivity contribution is 6.97. The summed E-state index contributed by atoms with van der Waals surface area (Å²) in [5.41, 5.74) is 3.89. The van der Waals surface area contributed by atoms with E-state index in [-0.39, 0.29) is 5.78 Å². The molecule has 0 fully saturated rings. The van der Waals surface area contributed by atoms with E-state index in [4.69, 9.17) is 9.56 Å². The third-order valence-electron chi connectivity index (χ3n) is 5.14. The number of ketones is 1. The molecular weight excluding hydrogens is 359 g/mol. The van der Waals surface area contributed by atoms with Gasteiger partial charge in [-0.2, -0.15) is 0 Å². The van der Waals surface area contributed by atoms with Crippen LogP contribution in [0.3, 0.4) is 0 Å². The van der Waals surface area contributed by atoms with E-state index in [0.717, 1.165) is 16.6 Å². The zero-order valence-electron chi connectivity index (χ0n) is 16.5. The third-order valence-corrected chi connectivity index (χ3v) is 5.14. The molecule has 3 aromatic rings. The fourth-order valence-electron chi connectivity index (χ4n) is 3.82. The summed E-state index contributed by atoms with van der Waals surface area (Å²) in [6, 6.07) is 29.6. The van der Waals surface area contributed by atoms with Crippen LogP contribution in [0.25, 0.3) is 0 Å². The zero-order valence-corrected chi connectivity index (χ0v) is 16.5. The molecule has 1 aliphatic heterocycles. The summed E-state index contributed by atoms with van der Waals surface area (Å²) >= 11 is 0. The van der Waals surface area contributed by atoms with Gasteiger partial charge in [-0.1, -0.05) is 78.9 Å². The number of allylic oxidation sites excluding steroid dienone is 1. The van der Waals surface area contributed by atoms with Crippen LogP contribution in [-0.4, -0.2) is 18.0 Å². The molecule has 1 heterocycles. The van der Waals surface area contributed by atoms with E-state index >= 15 is 0 Å². The molecule has 1 N–H and O–H groups in total. The van der Waals surface area contributed by atoms with Crippen molar-refractivity contribution in [3.05, 3.63) is 102 Å². The predicted molar refractivity (Wildman–Crippen MR) is 120 cm³/mol. The Bertz CT molecular complexity index is 1040. The molecule has 3 aromatic carbocycles. The van der Waals surface area contributed by atoms with Crippen LogP contribution in [0.15, 0.2) is 107 Å². The number of nitrogens with zero attached hydrogens (tertiary/aromatic N) is 1. The van der Waals surface area contributed by atoms with Crippen LogP contribution < -0.4 is 16.2 Å². The number of rotatable bonds is 5. The normalized spacial score (nSPS) is 15.3. The summed E-state index contributed by atoms with van der Waals surface area (Å²) < 4.78 is 6.62. The monoisotopic (exact) mass is 381 g/mol. The van der Waals surface area contributed by atoms with Crippen LogP contribution in [0.1, 0.15) is 13.8 Å². The highest BCUT2D eigenvalue weighted by Crippen LogP contribution is 2.26. The summed E-state index contributed by atoms with van der Waals surface area (Å²) in [4.78, 5) is 17.4. The van der Waals surface area contributed by atoms with Gasteiger partial charge in [-0.05, 0) is 26.0 Å². The number of benzene rings is 3. The van der Waals surface area contributed by atoms with Gasteiger partial charge in [0, 0.05) is 11.4 Å². The maximum Gasteiger partial charge on any atom is 0.336 e. The predicted octanol–water partition coefficient (Wildman–Crippen LogP) is 3.65. The molecule has 0 amide bonds. The molecule has 144 valence electrons. The average Bonchev–Trinajstić information content (AvgIpc) is 2.75. The fourth-order valence-corrected chi connectivity index (χ4v) is 3.82. The number of carbonyl (C=O) groups excluding carboxylic acids is 1. The van der Waals surface area contributed by atoms with E-state index in [1.165, 1.54) is 6.92 Å². The molecule has 29 heavy (non-hydrogen) atoms. The molecule has 0 aliphatic carbocycles. The van der Waals surface area contributed by atoms with Crippen LogP contribution >= 0.6 is 0 Å². The maximum absolute atomic E-state index is 12.4. The van der Waals surface area contributed by atoms with E-state index in [0.29, 0.717) is 17.2 Å². The van der Waals surface area contributed by atoms with Gasteiger partial charge in [0.1, 0.15) is 0 Å². The Morgan fingerprint density at radius 3 is 1.79 bits per heavy atom. The first-order valence-electron chi connectivity index (χ1n) is 9.69. The molecule has 0 atom stereocenters. The van der Waals surface area contributed by atoms with E-state index in [2.05, 4.69) is 5.32 Å². The highest BCUT2D eigenvalue weighted by Gasteiger charge is 2.37. The second kappa shape index (κ2) is 7.80. The van der Waals surface area contributed by atoms with Crippen molar-refractivity contribution in [2.45, 2.75) is 13.8 Å². The quantitative estimate of drug-likeness (QED) is 0.687. The fraction of sp³-hybridized carbons (Fsp3) is 0.0833. The maximum atomic E-state index is 12.4. The SMILES string of the molecule is CC(=O)C1=C(Nc2ccccc2)O[B-](c2ccccc2)(c2ccccc2)N=C1C. The Hall–Kier alpha value is -3.60. The minimum atomic E-state index is -1.94. The summed E-state index contributed by atoms with van der Waals surface area (Å²) in [6.45, 7) is 1.47. The van der Waals surface area contributed by atoms with E-state index in [1.807, 2.05) is 97.9 Å². The van der Waals surface area contributed by atoms with Gasteiger partial charge >= 0.3 is 6.48 Å². The lowest BCUT2D eigenvalue weighted by Gasteiger charge is -2.45. The van der Waals surface area contributed by atoms with Gasteiger partial charge in [0.2, 0.25) is 0 Å². The van der Waals surface area contributed by atoms with Gasteiger partial charge in [0.15, 0.2) is 11.7 Å². The summed E-state index contributed by atoms with van der Waals surface area (Å²) in [7, 11) is 0. The molecular formula is C24H22BN2O2-. The molecule has 4 rings (SSSR count). The lowest BCUT2D eigenvalue weighted by Crippen LogP contribution is -2.62. The van der Waals surface area contributed by atoms with Crippen molar-refractivity contribution >= 4 is 34.6 Å². The van der Waals surface area contributed by atoms with Crippen LogP contribution in [0.2, 0.25) is 0 Å². The molecule has 5 heteroatoms. The lowest BCUT2D eigenvalue weighted by atomic mass is 9.42. The molecule has 1 aliphatic rings. The number of para-hydroxylation sites is 1. The number of anilines is 1. The van der Waals surface area contributed by atoms with Gasteiger partial charge < -0.3 is 14.9 Å². The molecule has 4 nitrogen and oxygen atoms in total. The number of hydrogen-bond acceptors (Lipinski definition) is 4. The van der Waals surface area contributed by atoms with E-state index in [1.54, 1.807) is 0 Å². The smallest absolute Gasteiger partial charge is 0.336 e. The Labute approximate surface area is 170 Å². The molecule has 0 aromatic heterocycles. The molecule has 0 unspecified atom stereocenters. The van der Waals surface area contributed by atoms with Crippen LogP contribution in [0.5, 0.6) is 0 Å². The number of Topliss-reactive ketones (excluding diaryl/α,β-unsaturated/α-hetero) is 1. The number of hydrogen-bond donors (Lipinski definition) is 1. The Balaban J connectivity index is 1.90. The first-order valence-corrected chi connectivity index (χ1v) is 9.69. The molecule has 0 radical (unpaired) electrons. The zero-order chi connectivity index (χ0) is 20.3. The van der Waals surface area contributed by atoms with Crippen molar-refractivity contribution in [2.24, 2.45) is 4.90 Å². The van der Waals surface area contributed by atoms with Crippen molar-refractivity contribution in [2.75, 3.05) is 5.32 Å². The standard InChI is InChI=1S/C24H22BN2O2/c1-18-23(19(2)28)24(26-22-16-10-5-11-17-22)29-25(27-18,20-12-6-3-7-13-20)21-14-8-4-9-15-21/h3-17,26H,1-2H3/q-1. The first-order chi connectivity index (χ1) is 14.1. The first kappa shape index (κ1) is 18.8. The van der Waals surface area contributed by atoms with Gasteiger partial charge in [-0.25, -0.2) is 0 Å². The average molecular weight is 381 g/mol. The van der Waals surface area contributed by atoms with Gasteiger partial charge in [0.05, 0.1) is 5.57 Å². The van der Waals surface area contributed by atoms with Crippen molar-refractivity contribution in [3.8, 4) is 0 Å². The Morgan fingerprint density at radius 1 is 0.828 bits per heavy atom. The largest absolute Gasteiger partial charge is 0.676 e. The Kier molecular flexibility index (Phi) is 5.04. The third kappa shape index (κ3) is 3.59. The second-order valence-electron chi connectivity index (χ2n) is 7.15. The van der Waals surface area contributed by atoms with E-state index < -0.39 is 6.48 Å². The van der Waals surface area contributed by atoms with Gasteiger partial charge in [-0.3, -0.25) is 4.79 Å². The summed E-state index contributed by atoms with van der Waals surface area (Å²) in [6.07, 6.45) is 0. The number of nitrogens with one attached hydrogen (secondary N) is 1.